The van der Waals surface area contributed by atoms with Gasteiger partial charge in [-0.05, 0) is 49.5 Å². The minimum atomic E-state index is 0.610. The third-order valence-electron chi connectivity index (χ3n) is 4.96. The largest absolute Gasteiger partial charge is 0.339 e. The molecule has 0 heterocycles. The molecule has 3 heteroatoms. The van der Waals surface area contributed by atoms with Gasteiger partial charge in [-0.15, -0.1) is 0 Å². The van der Waals surface area contributed by atoms with Crippen LogP contribution in [0.15, 0.2) is 33.5 Å². The van der Waals surface area contributed by atoms with Crippen molar-refractivity contribution in [1.29, 1.82) is 0 Å². The summed E-state index contributed by atoms with van der Waals surface area (Å²) in [5, 5.41) is 0. The summed E-state index contributed by atoms with van der Waals surface area (Å²) in [5.41, 5.74) is 3.87. The molecule has 0 unspecified atom stereocenters. The Bertz CT molecular complexity index is 520. The molecule has 1 saturated carbocycles. The van der Waals surface area contributed by atoms with Crippen LogP contribution >= 0.6 is 0 Å². The number of nitrogens with zero attached hydrogens (tertiary/aromatic N) is 3. The average Bonchev–Trinajstić information content (AvgIpc) is 2.53. The molecule has 26 heavy (non-hydrogen) atoms. The lowest BCUT2D eigenvalue weighted by molar-refractivity contribution is 0.310. The van der Waals surface area contributed by atoms with Gasteiger partial charge >= 0.3 is 0 Å². The molecule has 0 aromatic rings. The second kappa shape index (κ2) is 12.1. The van der Waals surface area contributed by atoms with Crippen molar-refractivity contribution in [3.63, 3.8) is 0 Å². The van der Waals surface area contributed by atoms with Gasteiger partial charge in [-0.2, -0.15) is 0 Å². The Kier molecular flexibility index (Phi) is 10.5. The van der Waals surface area contributed by atoms with Gasteiger partial charge in [0.2, 0.25) is 0 Å². The highest BCUT2D eigenvalue weighted by atomic mass is 15.1. The Morgan fingerprint density at radius 2 is 1.85 bits per heavy atom. The Morgan fingerprint density at radius 3 is 2.31 bits per heavy atom. The predicted octanol–water partition coefficient (Wildman–Crippen LogP) is 6.48. The summed E-state index contributed by atoms with van der Waals surface area (Å²) < 4.78 is 0. The summed E-state index contributed by atoms with van der Waals surface area (Å²) in [4.78, 5) is 11.3. The van der Waals surface area contributed by atoms with Gasteiger partial charge in [0.25, 0.3) is 0 Å². The summed E-state index contributed by atoms with van der Waals surface area (Å²) in [5.74, 6) is 2.14. The highest BCUT2D eigenvalue weighted by molar-refractivity contribution is 5.99. The molecule has 3 nitrogen and oxygen atoms in total. The lowest BCUT2D eigenvalue weighted by atomic mass is 9.80. The molecular formula is C23H41N3. The summed E-state index contributed by atoms with van der Waals surface area (Å²) >= 11 is 0. The molecule has 0 amide bonds. The normalized spacial score (nSPS) is 17.5. The lowest BCUT2D eigenvalue weighted by Gasteiger charge is -2.27. The zero-order valence-corrected chi connectivity index (χ0v) is 18.3. The highest BCUT2D eigenvalue weighted by Gasteiger charge is 2.18. The zero-order chi connectivity index (χ0) is 19.5. The van der Waals surface area contributed by atoms with E-state index < -0.39 is 0 Å². The molecule has 0 aliphatic heterocycles. The van der Waals surface area contributed by atoms with E-state index in [9.17, 15) is 0 Å². The van der Waals surface area contributed by atoms with Crippen molar-refractivity contribution in [2.75, 3.05) is 13.6 Å². The quantitative estimate of drug-likeness (QED) is 0.306. The molecule has 0 N–H and O–H groups in total. The van der Waals surface area contributed by atoms with Crippen molar-refractivity contribution in [3.8, 4) is 0 Å². The van der Waals surface area contributed by atoms with E-state index in [0.717, 1.165) is 36.6 Å². The van der Waals surface area contributed by atoms with Gasteiger partial charge in [0.15, 0.2) is 0 Å². The third kappa shape index (κ3) is 8.82. The molecule has 0 aromatic carbocycles. The minimum Gasteiger partial charge on any atom is -0.339 e. The first kappa shape index (κ1) is 22.7. The number of aliphatic imine (C=N–C) groups is 2. The number of allylic oxidation sites excluding steroid dienone is 2. The number of rotatable bonds is 11. The van der Waals surface area contributed by atoms with E-state index in [1.165, 1.54) is 25.7 Å². The second-order valence-corrected chi connectivity index (χ2v) is 8.58. The summed E-state index contributed by atoms with van der Waals surface area (Å²) in [6, 6.07) is 0. The molecule has 0 atom stereocenters. The monoisotopic (exact) mass is 359 g/mol. The van der Waals surface area contributed by atoms with Gasteiger partial charge in [0.1, 0.15) is 0 Å². The van der Waals surface area contributed by atoms with Crippen molar-refractivity contribution in [3.05, 3.63) is 23.5 Å². The van der Waals surface area contributed by atoms with Crippen molar-refractivity contribution in [2.24, 2.45) is 27.7 Å². The fraction of sp³-hybridized carbons (Fsp3) is 0.739. The summed E-state index contributed by atoms with van der Waals surface area (Å²) in [7, 11) is 1.88. The van der Waals surface area contributed by atoms with E-state index in [-0.39, 0.29) is 0 Å². The van der Waals surface area contributed by atoms with Crippen LogP contribution in [0.2, 0.25) is 0 Å². The molecule has 1 rings (SSSR count). The first-order valence-corrected chi connectivity index (χ1v) is 10.5. The van der Waals surface area contributed by atoms with Gasteiger partial charge in [-0.1, -0.05) is 59.5 Å². The lowest BCUT2D eigenvalue weighted by Crippen LogP contribution is -2.22. The Labute approximate surface area is 162 Å². The van der Waals surface area contributed by atoms with E-state index in [2.05, 4.69) is 62.6 Å². The Hall–Kier alpha value is -1.38. The molecule has 1 aliphatic carbocycles. The number of hydrogen-bond donors (Lipinski definition) is 0. The van der Waals surface area contributed by atoms with Crippen molar-refractivity contribution < 1.29 is 0 Å². The first-order chi connectivity index (χ1) is 12.3. The van der Waals surface area contributed by atoms with Crippen LogP contribution in [0.5, 0.6) is 0 Å². The van der Waals surface area contributed by atoms with Crippen LogP contribution in [0.3, 0.4) is 0 Å². The molecule has 0 saturated heterocycles. The molecule has 0 spiro atoms. The summed E-state index contributed by atoms with van der Waals surface area (Å²) in [6.07, 6.45) is 13.9. The van der Waals surface area contributed by atoms with Gasteiger partial charge in [-0.25, -0.2) is 4.99 Å². The standard InChI is InChI=1S/C23H41N3/c1-8-21(13-22-10-9-11-22)16-26(15-19(4)5)17-25-14-20(6)23(24-7)12-18(2)3/h14,16-19,22H,8-13,15H2,1-7H3/b20-14+,21-16-,24-23+,25-17+. The van der Waals surface area contributed by atoms with Crippen molar-refractivity contribution >= 4 is 12.1 Å². The van der Waals surface area contributed by atoms with Crippen LogP contribution in [0, 0.1) is 17.8 Å². The van der Waals surface area contributed by atoms with Crippen LogP contribution in [0.25, 0.3) is 0 Å². The minimum absolute atomic E-state index is 0.610. The first-order valence-electron chi connectivity index (χ1n) is 10.5. The number of hydrogen-bond acceptors (Lipinski definition) is 2. The second-order valence-electron chi connectivity index (χ2n) is 8.58. The Morgan fingerprint density at radius 1 is 1.15 bits per heavy atom. The predicted molar refractivity (Wildman–Crippen MR) is 117 cm³/mol. The molecule has 0 bridgehead atoms. The van der Waals surface area contributed by atoms with Gasteiger partial charge in [0.05, 0.1) is 6.34 Å². The smallest absolute Gasteiger partial charge is 0.0944 e. The maximum atomic E-state index is 4.61. The molecule has 148 valence electrons. The fourth-order valence-electron chi connectivity index (χ4n) is 3.27. The molecule has 0 aromatic heterocycles. The SMILES string of the molecule is CC/C(=C/N(/C=N/C=C(C)/C(CC(C)C)=N/C)CC(C)C)CC1CCC1. The Balaban J connectivity index is 2.81. The van der Waals surface area contributed by atoms with Crippen LogP contribution in [-0.2, 0) is 0 Å². The molecule has 1 aliphatic rings. The maximum Gasteiger partial charge on any atom is 0.0944 e. The maximum absolute atomic E-state index is 4.61. The highest BCUT2D eigenvalue weighted by Crippen LogP contribution is 2.32. The van der Waals surface area contributed by atoms with Crippen LogP contribution < -0.4 is 0 Å². The van der Waals surface area contributed by atoms with Crippen LogP contribution in [-0.4, -0.2) is 30.5 Å². The van der Waals surface area contributed by atoms with Crippen molar-refractivity contribution in [1.82, 2.24) is 4.90 Å². The molecular weight excluding hydrogens is 318 g/mol. The molecule has 0 radical (unpaired) electrons. The van der Waals surface area contributed by atoms with Gasteiger partial charge < -0.3 is 4.90 Å². The van der Waals surface area contributed by atoms with Crippen LogP contribution in [0.4, 0.5) is 0 Å². The molecule has 1 fully saturated rings. The van der Waals surface area contributed by atoms with Gasteiger partial charge in [-0.3, -0.25) is 4.99 Å². The zero-order valence-electron chi connectivity index (χ0n) is 18.3. The van der Waals surface area contributed by atoms with E-state index in [4.69, 9.17) is 0 Å². The van der Waals surface area contributed by atoms with E-state index in [1.807, 2.05) is 19.6 Å². The van der Waals surface area contributed by atoms with Gasteiger partial charge in [0, 0.05) is 31.7 Å². The topological polar surface area (TPSA) is 28.0 Å². The van der Waals surface area contributed by atoms with E-state index in [1.54, 1.807) is 5.57 Å². The average molecular weight is 360 g/mol. The van der Waals surface area contributed by atoms with E-state index in [0.29, 0.717) is 11.8 Å². The third-order valence-corrected chi connectivity index (χ3v) is 4.96. The van der Waals surface area contributed by atoms with E-state index >= 15 is 0 Å². The fourth-order valence-corrected chi connectivity index (χ4v) is 3.27. The summed E-state index contributed by atoms with van der Waals surface area (Å²) in [6.45, 7) is 14.4. The van der Waals surface area contributed by atoms with Crippen molar-refractivity contribution in [2.45, 2.75) is 80.1 Å². The van der Waals surface area contributed by atoms with Crippen LogP contribution in [0.1, 0.15) is 80.1 Å².